The van der Waals surface area contributed by atoms with E-state index in [1.54, 1.807) is 12.1 Å². The zero-order chi connectivity index (χ0) is 22.1. The summed E-state index contributed by atoms with van der Waals surface area (Å²) in [6.45, 7) is 1.86. The highest BCUT2D eigenvalue weighted by Gasteiger charge is 2.40. The number of benzene rings is 1. The van der Waals surface area contributed by atoms with E-state index in [9.17, 15) is 14.7 Å². The maximum atomic E-state index is 13.4. The third-order valence-electron chi connectivity index (χ3n) is 6.43. The van der Waals surface area contributed by atoms with Crippen molar-refractivity contribution in [2.75, 3.05) is 7.11 Å². The summed E-state index contributed by atoms with van der Waals surface area (Å²) in [5.41, 5.74) is 3.37. The summed E-state index contributed by atoms with van der Waals surface area (Å²) >= 11 is 3.38. The lowest BCUT2D eigenvalue weighted by Gasteiger charge is -2.35. The summed E-state index contributed by atoms with van der Waals surface area (Å²) in [6, 6.07) is 3.45. The van der Waals surface area contributed by atoms with Gasteiger partial charge >= 0.3 is 5.97 Å². The first-order valence-electron chi connectivity index (χ1n) is 10.9. The van der Waals surface area contributed by atoms with Crippen LogP contribution in [0.4, 0.5) is 0 Å². The van der Waals surface area contributed by atoms with Gasteiger partial charge in [-0.3, -0.25) is 4.79 Å². The molecule has 0 spiro atoms. The first kappa shape index (κ1) is 21.9. The van der Waals surface area contributed by atoms with Gasteiger partial charge in [-0.05, 0) is 79.1 Å². The van der Waals surface area contributed by atoms with Crippen LogP contribution in [0.3, 0.4) is 0 Å². The number of hydrogen-bond donors (Lipinski definition) is 2. The van der Waals surface area contributed by atoms with Gasteiger partial charge in [0.2, 0.25) is 0 Å². The number of aromatic hydroxyl groups is 1. The molecule has 1 unspecified atom stereocenters. The molecule has 0 radical (unpaired) electrons. The minimum Gasteiger partial charge on any atom is -0.503 e. The molecule has 1 fully saturated rings. The number of ether oxygens (including phenoxy) is 2. The Labute approximate surface area is 190 Å². The number of carbonyl (C=O) groups is 2. The molecule has 3 aliphatic rings. The monoisotopic (exact) mass is 489 g/mol. The number of allylic oxidation sites excluding steroid dienone is 3. The Hall–Kier alpha value is -2.28. The smallest absolute Gasteiger partial charge is 0.337 e. The molecule has 1 heterocycles. The lowest BCUT2D eigenvalue weighted by molar-refractivity contribution is -0.146. The normalized spacial score (nSPS) is 22.2. The van der Waals surface area contributed by atoms with E-state index in [0.717, 1.165) is 44.2 Å². The number of phenols is 1. The van der Waals surface area contributed by atoms with Gasteiger partial charge in [-0.15, -0.1) is 0 Å². The largest absolute Gasteiger partial charge is 0.503 e. The molecule has 0 bridgehead atoms. The zero-order valence-corrected chi connectivity index (χ0v) is 19.5. The molecule has 1 atom stereocenters. The topological polar surface area (TPSA) is 84.9 Å². The Kier molecular flexibility index (Phi) is 6.42. The highest BCUT2D eigenvalue weighted by atomic mass is 79.9. The van der Waals surface area contributed by atoms with E-state index in [0.29, 0.717) is 33.3 Å². The Balaban J connectivity index is 1.80. The molecule has 166 valence electrons. The maximum Gasteiger partial charge on any atom is 0.337 e. The fraction of sp³-hybridized carbons (Fsp3) is 0.500. The maximum absolute atomic E-state index is 13.4. The van der Waals surface area contributed by atoms with Crippen molar-refractivity contribution in [2.45, 2.75) is 70.3 Å². The van der Waals surface area contributed by atoms with Crippen LogP contribution in [0.2, 0.25) is 0 Å². The van der Waals surface area contributed by atoms with Gasteiger partial charge in [0.05, 0.1) is 17.2 Å². The van der Waals surface area contributed by atoms with Crippen molar-refractivity contribution in [2.24, 2.45) is 0 Å². The first-order valence-corrected chi connectivity index (χ1v) is 11.7. The average molecular weight is 490 g/mol. The Morgan fingerprint density at radius 3 is 2.61 bits per heavy atom. The van der Waals surface area contributed by atoms with Crippen molar-refractivity contribution in [3.05, 3.63) is 44.7 Å². The van der Waals surface area contributed by atoms with Crippen molar-refractivity contribution >= 4 is 27.7 Å². The summed E-state index contributed by atoms with van der Waals surface area (Å²) in [5, 5.41) is 13.6. The number of carbonyl (C=O) groups excluding carboxylic acids is 2. The minimum absolute atomic E-state index is 0.0172. The zero-order valence-electron chi connectivity index (χ0n) is 17.9. The second-order valence-electron chi connectivity index (χ2n) is 8.48. The summed E-state index contributed by atoms with van der Waals surface area (Å²) in [7, 11) is 1.48. The lowest BCUT2D eigenvalue weighted by atomic mass is 9.75. The number of Topliss-reactive ketones (excluding diaryl/α,β-unsaturated/α-hetero) is 1. The molecule has 31 heavy (non-hydrogen) atoms. The van der Waals surface area contributed by atoms with E-state index >= 15 is 0 Å². The van der Waals surface area contributed by atoms with Crippen LogP contribution < -0.4 is 10.1 Å². The summed E-state index contributed by atoms with van der Waals surface area (Å²) < 4.78 is 11.7. The fourth-order valence-corrected chi connectivity index (χ4v) is 5.36. The highest BCUT2D eigenvalue weighted by molar-refractivity contribution is 9.10. The van der Waals surface area contributed by atoms with Gasteiger partial charge in [-0.1, -0.05) is 6.42 Å². The fourth-order valence-electron chi connectivity index (χ4n) is 4.90. The van der Waals surface area contributed by atoms with Crippen LogP contribution in [-0.2, 0) is 14.3 Å². The molecule has 0 saturated heterocycles. The van der Waals surface area contributed by atoms with Crippen molar-refractivity contribution in [3.63, 3.8) is 0 Å². The molecule has 1 saturated carbocycles. The van der Waals surface area contributed by atoms with Gasteiger partial charge in [0.25, 0.3) is 0 Å². The second kappa shape index (κ2) is 9.07. The van der Waals surface area contributed by atoms with Crippen molar-refractivity contribution in [1.82, 2.24) is 5.32 Å². The minimum atomic E-state index is -0.564. The third-order valence-corrected chi connectivity index (χ3v) is 7.03. The average Bonchev–Trinajstić information content (AvgIpc) is 2.75. The first-order chi connectivity index (χ1) is 14.9. The molecular weight excluding hydrogens is 462 g/mol. The molecule has 2 aliphatic carbocycles. The summed E-state index contributed by atoms with van der Waals surface area (Å²) in [4.78, 5) is 26.4. The predicted molar refractivity (Wildman–Crippen MR) is 120 cm³/mol. The number of dihydropyridines is 1. The third kappa shape index (κ3) is 4.25. The quantitative estimate of drug-likeness (QED) is 0.578. The van der Waals surface area contributed by atoms with Crippen LogP contribution in [-0.4, -0.2) is 30.1 Å². The van der Waals surface area contributed by atoms with E-state index in [1.807, 2.05) is 6.92 Å². The van der Waals surface area contributed by atoms with E-state index in [4.69, 9.17) is 9.47 Å². The predicted octanol–water partition coefficient (Wildman–Crippen LogP) is 5.01. The van der Waals surface area contributed by atoms with Crippen LogP contribution in [0.25, 0.3) is 0 Å². The number of ketones is 1. The van der Waals surface area contributed by atoms with Gasteiger partial charge in [-0.25, -0.2) is 4.79 Å². The summed E-state index contributed by atoms with van der Waals surface area (Å²) in [5.74, 6) is -0.638. The van der Waals surface area contributed by atoms with E-state index < -0.39 is 5.92 Å². The Morgan fingerprint density at radius 2 is 1.90 bits per heavy atom. The van der Waals surface area contributed by atoms with Gasteiger partial charge in [0, 0.05) is 29.3 Å². The van der Waals surface area contributed by atoms with Gasteiger partial charge in [0.1, 0.15) is 6.10 Å². The molecule has 1 aromatic rings. The number of methoxy groups -OCH3 is 1. The van der Waals surface area contributed by atoms with Crippen LogP contribution in [0, 0.1) is 0 Å². The van der Waals surface area contributed by atoms with Crippen molar-refractivity contribution < 1.29 is 24.2 Å². The molecule has 1 aliphatic heterocycles. The molecule has 0 aromatic heterocycles. The molecular formula is C24H28BrNO5. The number of halogens is 1. The van der Waals surface area contributed by atoms with Crippen molar-refractivity contribution in [1.29, 1.82) is 0 Å². The van der Waals surface area contributed by atoms with E-state index in [1.165, 1.54) is 13.5 Å². The standard InChI is InChI=1S/C24H28BrNO5/c1-13-20(24(29)31-15-7-4-3-5-8-15)21(22-17(26-13)9-6-10-18(22)27)14-11-16(25)23(28)19(12-14)30-2/h11-12,15,21,26,28H,3-10H2,1-2H3. The number of esters is 1. The molecule has 7 heteroatoms. The Morgan fingerprint density at radius 1 is 1.16 bits per heavy atom. The van der Waals surface area contributed by atoms with Crippen LogP contribution in [0.5, 0.6) is 11.5 Å². The lowest BCUT2D eigenvalue weighted by Crippen LogP contribution is -2.35. The molecule has 6 nitrogen and oxygen atoms in total. The van der Waals surface area contributed by atoms with Gasteiger partial charge in [0.15, 0.2) is 17.3 Å². The van der Waals surface area contributed by atoms with Crippen molar-refractivity contribution in [3.8, 4) is 11.5 Å². The number of hydrogen-bond acceptors (Lipinski definition) is 6. The Bertz CT molecular complexity index is 974. The summed E-state index contributed by atoms with van der Waals surface area (Å²) in [6.07, 6.45) is 6.97. The molecule has 2 N–H and O–H groups in total. The van der Waals surface area contributed by atoms with Crippen LogP contribution in [0.1, 0.15) is 69.8 Å². The number of phenolic OH excluding ortho intramolecular Hbond substituents is 1. The molecule has 1 aromatic carbocycles. The number of rotatable bonds is 4. The highest BCUT2D eigenvalue weighted by Crippen LogP contribution is 2.46. The number of nitrogens with one attached hydrogen (secondary N) is 1. The molecule has 0 amide bonds. The van der Waals surface area contributed by atoms with E-state index in [2.05, 4.69) is 21.2 Å². The SMILES string of the molecule is COc1cc(C2C(C(=O)OC3CCCCC3)=C(C)NC3=C2C(=O)CCC3)cc(Br)c1O. The van der Waals surface area contributed by atoms with E-state index in [-0.39, 0.29) is 29.4 Å². The van der Waals surface area contributed by atoms with Gasteiger partial charge < -0.3 is 19.9 Å². The van der Waals surface area contributed by atoms with Crippen LogP contribution >= 0.6 is 15.9 Å². The van der Waals surface area contributed by atoms with Crippen LogP contribution in [0.15, 0.2) is 39.1 Å². The van der Waals surface area contributed by atoms with Gasteiger partial charge in [-0.2, -0.15) is 0 Å². The molecule has 4 rings (SSSR count). The second-order valence-corrected chi connectivity index (χ2v) is 9.34.